The molecule has 4 heterocycles. The molecule has 0 spiro atoms. The summed E-state index contributed by atoms with van der Waals surface area (Å²) in [6.07, 6.45) is 5.95. The van der Waals surface area contributed by atoms with Crippen LogP contribution < -0.4 is 26.0 Å². The van der Waals surface area contributed by atoms with E-state index in [1.54, 1.807) is 10.9 Å². The summed E-state index contributed by atoms with van der Waals surface area (Å²) in [5, 5.41) is 19.1. The number of amides is 3. The van der Waals surface area contributed by atoms with Gasteiger partial charge in [0.25, 0.3) is 5.91 Å². The Morgan fingerprint density at radius 1 is 0.897 bits per heavy atom. The molecule has 3 aromatic heterocycles. The first-order valence-corrected chi connectivity index (χ1v) is 19.3. The van der Waals surface area contributed by atoms with Crippen LogP contribution in [0.2, 0.25) is 0 Å². The summed E-state index contributed by atoms with van der Waals surface area (Å²) in [5.41, 5.74) is 3.97. The van der Waals surface area contributed by atoms with Crippen LogP contribution in [0.5, 0.6) is 5.75 Å². The molecule has 7 rings (SSSR count). The van der Waals surface area contributed by atoms with Gasteiger partial charge in [0.1, 0.15) is 35.9 Å². The molecule has 3 aromatic carbocycles. The second-order valence-electron chi connectivity index (χ2n) is 16.2. The molecule has 58 heavy (non-hydrogen) atoms. The predicted molar refractivity (Wildman–Crippen MR) is 226 cm³/mol. The Balaban J connectivity index is 0.975. The molecule has 14 heteroatoms. The van der Waals surface area contributed by atoms with E-state index in [0.29, 0.717) is 49.4 Å². The van der Waals surface area contributed by atoms with Gasteiger partial charge in [-0.15, -0.1) is 0 Å². The summed E-state index contributed by atoms with van der Waals surface area (Å²) in [4.78, 5) is 41.1. The SMILES string of the molecule is Cc1ccc(-n2nc(C(C)(C)C)cc2NC(=O)Nc2ccc(OCc3ccnc(NC4CN(CC(C)(C)NC(=O)c5cnccn5)CCO4)c3)c3ccccc23)cc1. The van der Waals surface area contributed by atoms with E-state index >= 15 is 0 Å². The van der Waals surface area contributed by atoms with E-state index in [-0.39, 0.29) is 29.3 Å². The number of rotatable bonds is 12. The van der Waals surface area contributed by atoms with Gasteiger partial charge in [-0.05, 0) is 62.7 Å². The molecule has 1 aliphatic heterocycles. The van der Waals surface area contributed by atoms with Crippen molar-refractivity contribution in [1.82, 2.24) is 34.9 Å². The third-order valence-electron chi connectivity index (χ3n) is 9.67. The number of ether oxygens (including phenoxy) is 2. The number of fused-ring (bicyclic) bond motifs is 1. The number of aryl methyl sites for hydroxylation is 1. The molecule has 300 valence electrons. The molecular weight excluding hydrogens is 733 g/mol. The normalized spacial score (nSPS) is 14.8. The molecule has 1 unspecified atom stereocenters. The summed E-state index contributed by atoms with van der Waals surface area (Å²) < 4.78 is 14.2. The van der Waals surface area contributed by atoms with E-state index in [1.807, 2.05) is 99.6 Å². The number of hydrogen-bond acceptors (Lipinski definition) is 10. The van der Waals surface area contributed by atoms with Gasteiger partial charge in [-0.1, -0.05) is 62.7 Å². The molecule has 0 radical (unpaired) electrons. The van der Waals surface area contributed by atoms with Crippen LogP contribution in [-0.4, -0.2) is 79.6 Å². The number of benzene rings is 3. The number of aromatic nitrogens is 5. The van der Waals surface area contributed by atoms with Crippen LogP contribution in [0.25, 0.3) is 16.5 Å². The van der Waals surface area contributed by atoms with Gasteiger partial charge in [0.15, 0.2) is 0 Å². The number of nitrogens with one attached hydrogen (secondary N) is 4. The lowest BCUT2D eigenvalue weighted by Crippen LogP contribution is -2.56. The first-order chi connectivity index (χ1) is 27.8. The molecule has 3 amide bonds. The van der Waals surface area contributed by atoms with Gasteiger partial charge in [0, 0.05) is 66.0 Å². The molecule has 1 aliphatic rings. The maximum absolute atomic E-state index is 13.5. The van der Waals surface area contributed by atoms with Crippen LogP contribution >= 0.6 is 0 Å². The molecule has 0 saturated carbocycles. The zero-order valence-electron chi connectivity index (χ0n) is 33.7. The largest absolute Gasteiger partial charge is 0.488 e. The van der Waals surface area contributed by atoms with Crippen molar-refractivity contribution in [2.45, 2.75) is 65.3 Å². The topological polar surface area (TPSA) is 160 Å². The fraction of sp³-hybridized carbons (Fsp3) is 0.318. The zero-order chi connectivity index (χ0) is 40.9. The number of carbonyl (C=O) groups excluding carboxylic acids is 2. The molecule has 0 aliphatic carbocycles. The Morgan fingerprint density at radius 3 is 2.45 bits per heavy atom. The Bertz CT molecular complexity index is 2370. The fourth-order valence-corrected chi connectivity index (χ4v) is 6.78. The van der Waals surface area contributed by atoms with Crippen LogP contribution in [0.15, 0.2) is 104 Å². The smallest absolute Gasteiger partial charge is 0.324 e. The lowest BCUT2D eigenvalue weighted by Gasteiger charge is -2.38. The third-order valence-corrected chi connectivity index (χ3v) is 9.67. The first-order valence-electron chi connectivity index (χ1n) is 19.3. The maximum atomic E-state index is 13.5. The lowest BCUT2D eigenvalue weighted by atomic mass is 9.92. The average molecular weight is 783 g/mol. The van der Waals surface area contributed by atoms with Crippen molar-refractivity contribution in [1.29, 1.82) is 0 Å². The van der Waals surface area contributed by atoms with Gasteiger partial charge in [-0.3, -0.25) is 20.0 Å². The molecule has 14 nitrogen and oxygen atoms in total. The first kappa shape index (κ1) is 39.8. The highest BCUT2D eigenvalue weighted by Crippen LogP contribution is 2.33. The quantitative estimate of drug-likeness (QED) is 0.0991. The Kier molecular flexibility index (Phi) is 11.7. The lowest BCUT2D eigenvalue weighted by molar-refractivity contribution is -0.0204. The van der Waals surface area contributed by atoms with Crippen molar-refractivity contribution >= 4 is 40.0 Å². The number of urea groups is 1. The van der Waals surface area contributed by atoms with Gasteiger partial charge >= 0.3 is 6.03 Å². The monoisotopic (exact) mass is 782 g/mol. The Morgan fingerprint density at radius 2 is 1.69 bits per heavy atom. The molecule has 1 fully saturated rings. The van der Waals surface area contributed by atoms with Crippen LogP contribution in [0.3, 0.4) is 0 Å². The van der Waals surface area contributed by atoms with Crippen molar-refractivity contribution in [2.75, 3.05) is 42.2 Å². The number of nitrogens with zero attached hydrogens (tertiary/aromatic N) is 6. The predicted octanol–water partition coefficient (Wildman–Crippen LogP) is 7.32. The van der Waals surface area contributed by atoms with Crippen LogP contribution in [0.1, 0.15) is 61.9 Å². The van der Waals surface area contributed by atoms with Crippen molar-refractivity contribution in [2.24, 2.45) is 0 Å². The molecule has 6 aromatic rings. The third kappa shape index (κ3) is 9.94. The number of hydrogen-bond donors (Lipinski definition) is 4. The van der Waals surface area contributed by atoms with Crippen LogP contribution in [0.4, 0.5) is 22.1 Å². The molecular formula is C44H50N10O4. The molecule has 4 N–H and O–H groups in total. The fourth-order valence-electron chi connectivity index (χ4n) is 6.78. The summed E-state index contributed by atoms with van der Waals surface area (Å²) in [5.74, 6) is 1.65. The van der Waals surface area contributed by atoms with Gasteiger partial charge in [0.2, 0.25) is 0 Å². The summed E-state index contributed by atoms with van der Waals surface area (Å²) in [6, 6.07) is 25.0. The highest BCUT2D eigenvalue weighted by atomic mass is 16.5. The summed E-state index contributed by atoms with van der Waals surface area (Å²) in [7, 11) is 0. The van der Waals surface area contributed by atoms with Crippen LogP contribution in [-0.2, 0) is 16.8 Å². The molecule has 0 bridgehead atoms. The Hall–Kier alpha value is -6.38. The summed E-state index contributed by atoms with van der Waals surface area (Å²) >= 11 is 0. The summed E-state index contributed by atoms with van der Waals surface area (Å²) in [6.45, 7) is 15.1. The number of pyridine rings is 1. The standard InChI is InChI=1S/C44H50N10O4/c1-29-11-13-31(14-12-29)54-39(24-37(52-54)43(2,3)4)50-42(56)48-34-15-16-36(33-10-8-7-9-32(33)34)58-27-30-17-18-47-38(23-30)49-40-26-53(21-22-57-40)28-44(5,6)51-41(55)35-25-45-19-20-46-35/h7-20,23-25,40H,21-22,26-28H2,1-6H3,(H,47,49)(H,51,55)(H2,48,50,56). The number of morpholine rings is 1. The number of anilines is 3. The molecule has 1 atom stereocenters. The van der Waals surface area contributed by atoms with Gasteiger partial charge in [-0.2, -0.15) is 5.10 Å². The second-order valence-corrected chi connectivity index (χ2v) is 16.2. The van der Waals surface area contributed by atoms with Gasteiger partial charge < -0.3 is 25.4 Å². The zero-order valence-corrected chi connectivity index (χ0v) is 33.7. The van der Waals surface area contributed by atoms with E-state index in [1.165, 1.54) is 18.6 Å². The van der Waals surface area contributed by atoms with Gasteiger partial charge in [0.05, 0.1) is 29.9 Å². The minimum Gasteiger partial charge on any atom is -0.488 e. The average Bonchev–Trinajstić information content (AvgIpc) is 3.62. The minimum absolute atomic E-state index is 0.213. The molecule has 1 saturated heterocycles. The Labute approximate surface area is 338 Å². The minimum atomic E-state index is -0.514. The highest BCUT2D eigenvalue weighted by Gasteiger charge is 2.29. The number of carbonyl (C=O) groups is 2. The maximum Gasteiger partial charge on any atom is 0.324 e. The van der Waals surface area contributed by atoms with E-state index in [0.717, 1.165) is 39.8 Å². The van der Waals surface area contributed by atoms with Crippen molar-refractivity contribution in [3.8, 4) is 11.4 Å². The van der Waals surface area contributed by atoms with E-state index in [2.05, 4.69) is 61.9 Å². The second kappa shape index (κ2) is 17.0. The highest BCUT2D eigenvalue weighted by molar-refractivity contribution is 6.07. The van der Waals surface area contributed by atoms with Crippen molar-refractivity contribution in [3.05, 3.63) is 126 Å². The van der Waals surface area contributed by atoms with Gasteiger partial charge in [-0.25, -0.2) is 19.4 Å². The van der Waals surface area contributed by atoms with Crippen LogP contribution in [0, 0.1) is 6.92 Å². The van der Waals surface area contributed by atoms with Crippen molar-refractivity contribution < 1.29 is 19.1 Å². The van der Waals surface area contributed by atoms with E-state index in [4.69, 9.17) is 14.6 Å². The van der Waals surface area contributed by atoms with Crippen molar-refractivity contribution in [3.63, 3.8) is 0 Å². The van der Waals surface area contributed by atoms with E-state index < -0.39 is 5.54 Å². The van der Waals surface area contributed by atoms with E-state index in [9.17, 15) is 9.59 Å².